The highest BCUT2D eigenvalue weighted by atomic mass is 19.1. The number of hydrogen-bond donors (Lipinski definition) is 4. The van der Waals surface area contributed by atoms with Crippen LogP contribution in [0.15, 0.2) is 115 Å². The van der Waals surface area contributed by atoms with Gasteiger partial charge in [-0.2, -0.15) is 0 Å². The second kappa shape index (κ2) is 16.1. The predicted molar refractivity (Wildman–Crippen MR) is 223 cm³/mol. The molecule has 0 saturated carbocycles. The summed E-state index contributed by atoms with van der Waals surface area (Å²) in [4.78, 5) is 15.9. The van der Waals surface area contributed by atoms with Crippen molar-refractivity contribution >= 4 is 55.1 Å². The number of fused-ring (bicyclic) bond motifs is 6. The topological polar surface area (TPSA) is 93.5 Å². The summed E-state index contributed by atoms with van der Waals surface area (Å²) >= 11 is 0. The Balaban J connectivity index is 0.971. The van der Waals surface area contributed by atoms with Crippen LogP contribution >= 0.6 is 0 Å². The molecule has 0 spiro atoms. The van der Waals surface area contributed by atoms with Crippen molar-refractivity contribution in [1.29, 1.82) is 0 Å². The molecule has 9 nitrogen and oxygen atoms in total. The number of halogens is 1. The Bertz CT molecular complexity index is 2560. The first-order chi connectivity index (χ1) is 26.9. The number of benzene rings is 5. The van der Waals surface area contributed by atoms with Gasteiger partial charge in [0.2, 0.25) is 0 Å². The predicted octanol–water partition coefficient (Wildman–Crippen LogP) is 9.17. The summed E-state index contributed by atoms with van der Waals surface area (Å²) in [5, 5.41) is 11.2. The van der Waals surface area contributed by atoms with E-state index in [9.17, 15) is 4.39 Å². The smallest absolute Gasteiger partial charge is 0.166 e. The van der Waals surface area contributed by atoms with E-state index in [1.54, 1.807) is 18.3 Å². The third kappa shape index (κ3) is 7.92. The highest BCUT2D eigenvalue weighted by Crippen LogP contribution is 2.39. The fourth-order valence-electron chi connectivity index (χ4n) is 7.14. The molecular formula is C45H46FN7O2. The Hall–Kier alpha value is -6.10. The number of pyridine rings is 1. The second-order valence-electron chi connectivity index (χ2n) is 14.3. The van der Waals surface area contributed by atoms with Gasteiger partial charge < -0.3 is 35.0 Å². The number of hydrogen-bond acceptors (Lipinski definition) is 7. The maximum Gasteiger partial charge on any atom is 0.166 e. The molecule has 3 heterocycles. The molecule has 0 atom stereocenters. The monoisotopic (exact) mass is 735 g/mol. The van der Waals surface area contributed by atoms with Crippen molar-refractivity contribution in [2.75, 3.05) is 58.1 Å². The number of aromatic nitrogens is 3. The first-order valence-corrected chi connectivity index (χ1v) is 18.7. The normalized spacial score (nSPS) is 11.7. The maximum absolute atomic E-state index is 14.3. The number of anilines is 2. The molecule has 0 amide bonds. The SMILES string of the molecule is CN(C)CCOc1c(NCc2ccccc2CN(C)CCOc2c(NCc3ccccc3)ccc3c2[nH]c2ccc(F)cc23)ccc2c1[nH]c1ncccc12. The van der Waals surface area contributed by atoms with Gasteiger partial charge in [0.15, 0.2) is 11.5 Å². The zero-order chi connectivity index (χ0) is 37.7. The molecule has 0 unspecified atom stereocenters. The average Bonchev–Trinajstić information content (AvgIpc) is 3.76. The molecule has 8 aromatic rings. The van der Waals surface area contributed by atoms with Crippen molar-refractivity contribution in [1.82, 2.24) is 24.8 Å². The van der Waals surface area contributed by atoms with Crippen molar-refractivity contribution in [3.63, 3.8) is 0 Å². The van der Waals surface area contributed by atoms with Gasteiger partial charge in [0.25, 0.3) is 0 Å². The lowest BCUT2D eigenvalue weighted by Crippen LogP contribution is -2.25. The number of rotatable bonds is 16. The third-order valence-electron chi connectivity index (χ3n) is 10.0. The van der Waals surface area contributed by atoms with Crippen LogP contribution in [0.4, 0.5) is 15.8 Å². The molecule has 10 heteroatoms. The molecular weight excluding hydrogens is 690 g/mol. The lowest BCUT2D eigenvalue weighted by molar-refractivity contribution is 0.234. The van der Waals surface area contributed by atoms with Gasteiger partial charge in [-0.3, -0.25) is 4.90 Å². The minimum absolute atomic E-state index is 0.263. The summed E-state index contributed by atoms with van der Waals surface area (Å²) in [5.74, 6) is 1.27. The summed E-state index contributed by atoms with van der Waals surface area (Å²) in [6.07, 6.45) is 1.80. The van der Waals surface area contributed by atoms with Gasteiger partial charge in [-0.15, -0.1) is 0 Å². The number of nitrogens with one attached hydrogen (secondary N) is 4. The van der Waals surface area contributed by atoms with Gasteiger partial charge in [0.1, 0.15) is 24.7 Å². The third-order valence-corrected chi connectivity index (χ3v) is 10.0. The van der Waals surface area contributed by atoms with E-state index >= 15 is 0 Å². The van der Waals surface area contributed by atoms with Crippen LogP contribution in [-0.2, 0) is 19.6 Å². The van der Waals surface area contributed by atoms with Crippen LogP contribution in [0.1, 0.15) is 16.7 Å². The quantitative estimate of drug-likeness (QED) is 0.0787. The highest BCUT2D eigenvalue weighted by Gasteiger charge is 2.17. The average molecular weight is 736 g/mol. The van der Waals surface area contributed by atoms with E-state index in [1.807, 2.05) is 50.5 Å². The van der Waals surface area contributed by atoms with Crippen LogP contribution in [0.2, 0.25) is 0 Å². The molecule has 0 fully saturated rings. The number of ether oxygens (including phenoxy) is 2. The molecule has 8 rings (SSSR count). The van der Waals surface area contributed by atoms with Gasteiger partial charge in [-0.05, 0) is 92.4 Å². The minimum Gasteiger partial charge on any atom is -0.488 e. The molecule has 0 aliphatic heterocycles. The second-order valence-corrected chi connectivity index (χ2v) is 14.3. The molecule has 5 aromatic carbocycles. The summed E-state index contributed by atoms with van der Waals surface area (Å²) < 4.78 is 27.3. The molecule has 0 aliphatic carbocycles. The molecule has 0 radical (unpaired) electrons. The minimum atomic E-state index is -0.263. The summed E-state index contributed by atoms with van der Waals surface area (Å²) in [6, 6.07) is 36.0. The summed E-state index contributed by atoms with van der Waals surface area (Å²) in [5.41, 5.74) is 8.93. The van der Waals surface area contributed by atoms with Crippen molar-refractivity contribution in [2.24, 2.45) is 0 Å². The summed E-state index contributed by atoms with van der Waals surface area (Å²) in [7, 11) is 6.21. The molecule has 280 valence electrons. The molecule has 0 bridgehead atoms. The van der Waals surface area contributed by atoms with Gasteiger partial charge >= 0.3 is 0 Å². The van der Waals surface area contributed by atoms with E-state index in [4.69, 9.17) is 9.47 Å². The van der Waals surface area contributed by atoms with E-state index in [-0.39, 0.29) is 5.82 Å². The first-order valence-electron chi connectivity index (χ1n) is 18.7. The van der Waals surface area contributed by atoms with Gasteiger partial charge in [0, 0.05) is 66.0 Å². The number of aromatic amines is 2. The van der Waals surface area contributed by atoms with Crippen LogP contribution < -0.4 is 20.1 Å². The van der Waals surface area contributed by atoms with E-state index in [2.05, 4.69) is 97.0 Å². The van der Waals surface area contributed by atoms with Crippen molar-refractivity contribution in [3.8, 4) is 11.5 Å². The zero-order valence-corrected chi connectivity index (χ0v) is 31.5. The fourth-order valence-corrected chi connectivity index (χ4v) is 7.14. The highest BCUT2D eigenvalue weighted by molar-refractivity contribution is 6.11. The Labute approximate surface area is 320 Å². The van der Waals surface area contributed by atoms with Crippen molar-refractivity contribution in [2.45, 2.75) is 19.6 Å². The Morgan fingerprint density at radius 1 is 0.636 bits per heavy atom. The van der Waals surface area contributed by atoms with Crippen LogP contribution in [0.25, 0.3) is 43.7 Å². The van der Waals surface area contributed by atoms with Crippen LogP contribution in [0, 0.1) is 5.82 Å². The standard InChI is InChI=1S/C45H46FN7O2/c1-52(2)22-24-54-44-40(19-16-34-36-14-9-21-47-45(36)51-42(34)44)49-28-31-12-7-8-13-32(31)29-53(3)23-25-55-43-39(48-27-30-10-5-4-6-11-30)20-17-35-37-26-33(46)15-18-38(37)50-41(35)43/h4-21,26,48-50H,22-25,27-29H2,1-3H3,(H,47,51). The fraction of sp³-hybridized carbons (Fsp3) is 0.222. The van der Waals surface area contributed by atoms with Crippen LogP contribution in [0.3, 0.4) is 0 Å². The van der Waals surface area contributed by atoms with Gasteiger partial charge in [-0.25, -0.2) is 9.37 Å². The maximum atomic E-state index is 14.3. The van der Waals surface area contributed by atoms with Crippen LogP contribution in [0.5, 0.6) is 11.5 Å². The Morgan fingerprint density at radius 2 is 1.31 bits per heavy atom. The van der Waals surface area contributed by atoms with E-state index < -0.39 is 0 Å². The molecule has 4 N–H and O–H groups in total. The van der Waals surface area contributed by atoms with Crippen molar-refractivity contribution in [3.05, 3.63) is 138 Å². The molecule has 0 saturated heterocycles. The largest absolute Gasteiger partial charge is 0.488 e. The number of nitrogens with zero attached hydrogens (tertiary/aromatic N) is 3. The molecule has 55 heavy (non-hydrogen) atoms. The van der Waals surface area contributed by atoms with Crippen LogP contribution in [-0.4, -0.2) is 72.2 Å². The summed E-state index contributed by atoms with van der Waals surface area (Å²) in [6.45, 7) is 4.55. The molecule has 3 aromatic heterocycles. The zero-order valence-electron chi connectivity index (χ0n) is 31.5. The first kappa shape index (κ1) is 35.9. The van der Waals surface area contributed by atoms with Crippen molar-refractivity contribution < 1.29 is 13.9 Å². The lowest BCUT2D eigenvalue weighted by Gasteiger charge is -2.21. The number of likely N-dealkylation sites (N-methyl/N-ethyl adjacent to an activating group) is 2. The van der Waals surface area contributed by atoms with E-state index in [0.717, 1.165) is 79.7 Å². The Morgan fingerprint density at radius 3 is 2.07 bits per heavy atom. The Kier molecular flexibility index (Phi) is 10.5. The van der Waals surface area contributed by atoms with E-state index in [1.165, 1.54) is 22.8 Å². The van der Waals surface area contributed by atoms with E-state index in [0.29, 0.717) is 32.8 Å². The number of H-pyrrole nitrogens is 2. The molecule has 0 aliphatic rings. The van der Waals surface area contributed by atoms with Gasteiger partial charge in [-0.1, -0.05) is 54.6 Å². The lowest BCUT2D eigenvalue weighted by atomic mass is 10.1. The van der Waals surface area contributed by atoms with Gasteiger partial charge in [0.05, 0.1) is 22.4 Å².